The number of benzene rings is 2. The standard InChI is InChI=1S/C20H25NO4S/c1-4-9-26(24,25)19-11-17(16-7-5-14(2)6-8-16)10-18(12-19)20(23)21-15(3)13-22/h5-8,10-12,15,22H,4,9,13H2,1-3H3,(H,21,23)/t15-/m0/s1. The Morgan fingerprint density at radius 1 is 1.12 bits per heavy atom. The summed E-state index contributed by atoms with van der Waals surface area (Å²) in [6.45, 7) is 5.26. The van der Waals surface area contributed by atoms with Gasteiger partial charge in [-0.15, -0.1) is 0 Å². The third kappa shape index (κ3) is 4.93. The minimum Gasteiger partial charge on any atom is -0.394 e. The SMILES string of the molecule is CCCS(=O)(=O)c1cc(C(=O)N[C@@H](C)CO)cc(-c2ccc(C)cc2)c1. The van der Waals surface area contributed by atoms with Gasteiger partial charge in [0.1, 0.15) is 0 Å². The van der Waals surface area contributed by atoms with Gasteiger partial charge in [-0.25, -0.2) is 8.42 Å². The van der Waals surface area contributed by atoms with Gasteiger partial charge in [0.15, 0.2) is 9.84 Å². The highest BCUT2D eigenvalue weighted by Gasteiger charge is 2.19. The molecular formula is C20H25NO4S. The highest BCUT2D eigenvalue weighted by atomic mass is 32.2. The second kappa shape index (κ2) is 8.47. The molecule has 0 aromatic heterocycles. The molecule has 2 aromatic carbocycles. The summed E-state index contributed by atoms with van der Waals surface area (Å²) in [4.78, 5) is 12.6. The van der Waals surface area contributed by atoms with E-state index >= 15 is 0 Å². The summed E-state index contributed by atoms with van der Waals surface area (Å²) < 4.78 is 25.1. The van der Waals surface area contributed by atoms with Gasteiger partial charge in [0.2, 0.25) is 0 Å². The van der Waals surface area contributed by atoms with Crippen LogP contribution in [0.15, 0.2) is 47.4 Å². The van der Waals surface area contributed by atoms with Crippen molar-refractivity contribution in [3.8, 4) is 11.1 Å². The molecule has 6 heteroatoms. The van der Waals surface area contributed by atoms with E-state index < -0.39 is 21.8 Å². The second-order valence-corrected chi connectivity index (χ2v) is 8.60. The highest BCUT2D eigenvalue weighted by Crippen LogP contribution is 2.26. The molecule has 0 unspecified atom stereocenters. The summed E-state index contributed by atoms with van der Waals surface area (Å²) in [6, 6.07) is 12.0. The van der Waals surface area contributed by atoms with E-state index in [9.17, 15) is 13.2 Å². The Balaban J connectivity index is 2.55. The van der Waals surface area contributed by atoms with Gasteiger partial charge < -0.3 is 10.4 Å². The first-order valence-corrected chi connectivity index (χ1v) is 10.3. The summed E-state index contributed by atoms with van der Waals surface area (Å²) in [7, 11) is -3.47. The first-order chi connectivity index (χ1) is 12.3. The van der Waals surface area contributed by atoms with Gasteiger partial charge in [0, 0.05) is 11.6 Å². The number of sulfone groups is 1. The van der Waals surface area contributed by atoms with Crippen LogP contribution in [0.5, 0.6) is 0 Å². The van der Waals surface area contributed by atoms with Gasteiger partial charge in [-0.1, -0.05) is 36.8 Å². The first-order valence-electron chi connectivity index (χ1n) is 8.63. The van der Waals surface area contributed by atoms with Gasteiger partial charge in [-0.2, -0.15) is 0 Å². The topological polar surface area (TPSA) is 83.5 Å². The van der Waals surface area contributed by atoms with Crippen LogP contribution in [0.4, 0.5) is 0 Å². The van der Waals surface area contributed by atoms with Crippen LogP contribution >= 0.6 is 0 Å². The Labute approximate surface area is 155 Å². The first kappa shape index (κ1) is 20.1. The maximum absolute atomic E-state index is 12.6. The Bertz CT molecular complexity index is 873. The molecule has 0 aliphatic rings. The molecule has 0 bridgehead atoms. The quantitative estimate of drug-likeness (QED) is 0.779. The Morgan fingerprint density at radius 2 is 1.77 bits per heavy atom. The Kier molecular flexibility index (Phi) is 6.56. The lowest BCUT2D eigenvalue weighted by molar-refractivity contribution is 0.0922. The maximum Gasteiger partial charge on any atom is 0.251 e. The minimum absolute atomic E-state index is 0.0262. The lowest BCUT2D eigenvalue weighted by Gasteiger charge is -2.14. The van der Waals surface area contributed by atoms with Crippen molar-refractivity contribution in [1.82, 2.24) is 5.32 Å². The summed E-state index contributed by atoms with van der Waals surface area (Å²) >= 11 is 0. The number of carbonyl (C=O) groups excluding carboxylic acids is 1. The molecule has 5 nitrogen and oxygen atoms in total. The molecule has 0 aliphatic heterocycles. The molecule has 2 rings (SSSR count). The van der Waals surface area contributed by atoms with Crippen molar-refractivity contribution in [3.63, 3.8) is 0 Å². The number of hydrogen-bond donors (Lipinski definition) is 2. The number of aliphatic hydroxyl groups is 1. The van der Waals surface area contributed by atoms with Crippen LogP contribution in [-0.4, -0.2) is 37.8 Å². The number of rotatable bonds is 7. The molecule has 0 fully saturated rings. The molecule has 0 aliphatic carbocycles. The number of aryl methyl sites for hydroxylation is 1. The zero-order valence-corrected chi connectivity index (χ0v) is 16.1. The van der Waals surface area contributed by atoms with Crippen LogP contribution in [0, 0.1) is 6.92 Å². The van der Waals surface area contributed by atoms with Crippen LogP contribution in [0.1, 0.15) is 36.2 Å². The molecule has 0 saturated carbocycles. The van der Waals surface area contributed by atoms with E-state index in [1.165, 1.54) is 6.07 Å². The van der Waals surface area contributed by atoms with E-state index in [0.29, 0.717) is 12.0 Å². The zero-order chi connectivity index (χ0) is 19.3. The number of nitrogens with one attached hydrogen (secondary N) is 1. The lowest BCUT2D eigenvalue weighted by Crippen LogP contribution is -2.35. The zero-order valence-electron chi connectivity index (χ0n) is 15.3. The summed E-state index contributed by atoms with van der Waals surface area (Å²) in [5.41, 5.74) is 2.87. The fraction of sp³-hybridized carbons (Fsp3) is 0.350. The van der Waals surface area contributed by atoms with Crippen LogP contribution in [0.2, 0.25) is 0 Å². The van der Waals surface area contributed by atoms with E-state index in [1.807, 2.05) is 31.2 Å². The van der Waals surface area contributed by atoms with Crippen molar-refractivity contribution in [1.29, 1.82) is 0 Å². The van der Waals surface area contributed by atoms with E-state index in [0.717, 1.165) is 11.1 Å². The van der Waals surface area contributed by atoms with Crippen molar-refractivity contribution in [2.24, 2.45) is 0 Å². The largest absolute Gasteiger partial charge is 0.394 e. The van der Waals surface area contributed by atoms with Gasteiger partial charge in [0.05, 0.1) is 17.3 Å². The normalized spacial score (nSPS) is 12.6. The maximum atomic E-state index is 12.6. The van der Waals surface area contributed by atoms with E-state index in [4.69, 9.17) is 5.11 Å². The van der Waals surface area contributed by atoms with Crippen molar-refractivity contribution in [2.45, 2.75) is 38.1 Å². The molecule has 2 aromatic rings. The van der Waals surface area contributed by atoms with Gasteiger partial charge in [0.25, 0.3) is 5.91 Å². The molecular weight excluding hydrogens is 350 g/mol. The van der Waals surface area contributed by atoms with E-state index in [1.54, 1.807) is 26.0 Å². The molecule has 0 spiro atoms. The third-order valence-electron chi connectivity index (χ3n) is 4.04. The Hall–Kier alpha value is -2.18. The average molecular weight is 375 g/mol. The Morgan fingerprint density at radius 3 is 2.35 bits per heavy atom. The summed E-state index contributed by atoms with van der Waals surface area (Å²) in [5.74, 6) is -0.383. The van der Waals surface area contributed by atoms with Crippen LogP contribution < -0.4 is 5.32 Å². The summed E-state index contributed by atoms with van der Waals surface area (Å²) in [6.07, 6.45) is 0.500. The number of aliphatic hydroxyl groups excluding tert-OH is 1. The molecule has 2 N–H and O–H groups in total. The van der Waals surface area contributed by atoms with Crippen molar-refractivity contribution in [2.75, 3.05) is 12.4 Å². The van der Waals surface area contributed by atoms with Crippen LogP contribution in [0.3, 0.4) is 0 Å². The third-order valence-corrected chi connectivity index (χ3v) is 5.94. The number of hydrogen-bond acceptors (Lipinski definition) is 4. The number of carbonyl (C=O) groups is 1. The molecule has 140 valence electrons. The second-order valence-electron chi connectivity index (χ2n) is 6.49. The molecule has 26 heavy (non-hydrogen) atoms. The van der Waals surface area contributed by atoms with Crippen molar-refractivity contribution >= 4 is 15.7 Å². The predicted octanol–water partition coefficient (Wildman–Crippen LogP) is 2.96. The van der Waals surface area contributed by atoms with Gasteiger partial charge in [-0.3, -0.25) is 4.79 Å². The molecule has 0 heterocycles. The van der Waals surface area contributed by atoms with Crippen molar-refractivity contribution < 1.29 is 18.3 Å². The average Bonchev–Trinajstić information content (AvgIpc) is 2.61. The fourth-order valence-corrected chi connectivity index (χ4v) is 3.95. The smallest absolute Gasteiger partial charge is 0.251 e. The molecule has 1 atom stereocenters. The molecule has 1 amide bonds. The number of amides is 1. The van der Waals surface area contributed by atoms with Crippen LogP contribution in [-0.2, 0) is 9.84 Å². The van der Waals surface area contributed by atoms with Gasteiger partial charge >= 0.3 is 0 Å². The van der Waals surface area contributed by atoms with Crippen LogP contribution in [0.25, 0.3) is 11.1 Å². The lowest BCUT2D eigenvalue weighted by atomic mass is 10.0. The molecule has 0 radical (unpaired) electrons. The van der Waals surface area contributed by atoms with Crippen molar-refractivity contribution in [3.05, 3.63) is 53.6 Å². The fourth-order valence-electron chi connectivity index (χ4n) is 2.56. The van der Waals surface area contributed by atoms with Gasteiger partial charge in [-0.05, 0) is 49.6 Å². The van der Waals surface area contributed by atoms with E-state index in [2.05, 4.69) is 5.32 Å². The predicted molar refractivity (Wildman–Crippen MR) is 103 cm³/mol. The summed E-state index contributed by atoms with van der Waals surface area (Å²) in [5, 5.41) is 11.8. The van der Waals surface area contributed by atoms with E-state index in [-0.39, 0.29) is 22.8 Å². The molecule has 0 saturated heterocycles. The highest BCUT2D eigenvalue weighted by molar-refractivity contribution is 7.91. The minimum atomic E-state index is -3.47. The monoisotopic (exact) mass is 375 g/mol.